The van der Waals surface area contributed by atoms with Gasteiger partial charge in [-0.25, -0.2) is 4.79 Å². The van der Waals surface area contributed by atoms with Crippen molar-refractivity contribution in [1.29, 1.82) is 0 Å². The van der Waals surface area contributed by atoms with E-state index >= 15 is 0 Å². The second-order valence-corrected chi connectivity index (χ2v) is 8.68. The number of benzene rings is 1. The van der Waals surface area contributed by atoms with Crippen LogP contribution in [0, 0.1) is 0 Å². The molecule has 2 aliphatic rings. The molecule has 2 aliphatic heterocycles. The number of halogens is 3. The molecule has 3 heterocycles. The first-order valence-corrected chi connectivity index (χ1v) is 11.5. The van der Waals surface area contributed by atoms with Gasteiger partial charge in [0, 0.05) is 52.2 Å². The smallest absolute Gasteiger partial charge is 0.385 e. The Morgan fingerprint density at radius 3 is 2.50 bits per heavy atom. The van der Waals surface area contributed by atoms with Gasteiger partial charge in [0.2, 0.25) is 5.89 Å². The largest absolute Gasteiger partial charge is 0.416 e. The summed E-state index contributed by atoms with van der Waals surface area (Å²) in [5.74, 6) is 0.656. The minimum absolute atomic E-state index is 0.107. The van der Waals surface area contributed by atoms with Crippen molar-refractivity contribution < 1.29 is 32.0 Å². The molecule has 1 aromatic heterocycles. The van der Waals surface area contributed by atoms with E-state index in [-0.39, 0.29) is 17.9 Å². The Labute approximate surface area is 196 Å². The lowest BCUT2D eigenvalue weighted by molar-refractivity contribution is -0.137. The minimum Gasteiger partial charge on any atom is -0.385 e. The SMILES string of the molecule is COCCCc1noc(C2CC(c3ccc(C(F)(F)F)cc3)CN(C(=O)N3CCOCC3)C2)n1. The van der Waals surface area contributed by atoms with Crippen molar-refractivity contribution in [3.8, 4) is 0 Å². The first kappa shape index (κ1) is 24.5. The third kappa shape index (κ3) is 5.87. The zero-order chi connectivity index (χ0) is 24.1. The van der Waals surface area contributed by atoms with E-state index in [1.54, 1.807) is 16.9 Å². The molecule has 2 unspecified atom stereocenters. The Morgan fingerprint density at radius 1 is 1.12 bits per heavy atom. The van der Waals surface area contributed by atoms with Crippen molar-refractivity contribution in [2.45, 2.75) is 37.3 Å². The number of urea groups is 1. The van der Waals surface area contributed by atoms with Crippen molar-refractivity contribution in [2.75, 3.05) is 53.1 Å². The molecule has 8 nitrogen and oxygen atoms in total. The zero-order valence-corrected chi connectivity index (χ0v) is 19.1. The summed E-state index contributed by atoms with van der Waals surface area (Å²) in [5, 5.41) is 4.06. The standard InChI is InChI=1S/C23H29F3N4O4/c1-32-10-2-3-20-27-21(34-28-20)18-13-17(16-4-6-19(7-5-16)23(24,25)26)14-30(15-18)22(31)29-8-11-33-12-9-29/h4-7,17-18H,2-3,8-15H2,1H3. The Bertz CT molecular complexity index is 944. The number of amides is 2. The summed E-state index contributed by atoms with van der Waals surface area (Å²) in [6.07, 6.45) is -2.42. The molecule has 0 spiro atoms. The van der Waals surface area contributed by atoms with Crippen LogP contribution in [0.3, 0.4) is 0 Å². The van der Waals surface area contributed by atoms with Crippen molar-refractivity contribution in [2.24, 2.45) is 0 Å². The number of rotatable bonds is 6. The molecule has 1 aromatic carbocycles. The number of carbonyl (C=O) groups is 1. The van der Waals surface area contributed by atoms with E-state index in [0.717, 1.165) is 24.1 Å². The maximum atomic E-state index is 13.2. The zero-order valence-electron chi connectivity index (χ0n) is 19.1. The summed E-state index contributed by atoms with van der Waals surface area (Å²) in [6.45, 7) is 3.40. The fourth-order valence-corrected chi connectivity index (χ4v) is 4.48. The number of piperidine rings is 1. The number of likely N-dealkylation sites (tertiary alicyclic amines) is 1. The number of aryl methyl sites for hydroxylation is 1. The number of aromatic nitrogens is 2. The highest BCUT2D eigenvalue weighted by atomic mass is 19.4. The molecule has 0 N–H and O–H groups in total. The van der Waals surface area contributed by atoms with Crippen molar-refractivity contribution in [3.05, 3.63) is 47.1 Å². The van der Waals surface area contributed by atoms with E-state index in [1.165, 1.54) is 12.1 Å². The normalized spacial score (nSPS) is 21.6. The summed E-state index contributed by atoms with van der Waals surface area (Å²) >= 11 is 0. The average Bonchev–Trinajstić information content (AvgIpc) is 3.33. The minimum atomic E-state index is -4.39. The van der Waals surface area contributed by atoms with Crippen LogP contribution in [-0.4, -0.2) is 79.1 Å². The van der Waals surface area contributed by atoms with Crippen LogP contribution in [-0.2, 0) is 22.1 Å². The van der Waals surface area contributed by atoms with Crippen molar-refractivity contribution in [3.63, 3.8) is 0 Å². The molecule has 4 rings (SSSR count). The maximum Gasteiger partial charge on any atom is 0.416 e. The summed E-state index contributed by atoms with van der Waals surface area (Å²) in [7, 11) is 1.63. The molecule has 186 valence electrons. The molecular formula is C23H29F3N4O4. The molecule has 0 radical (unpaired) electrons. The highest BCUT2D eigenvalue weighted by Crippen LogP contribution is 2.37. The van der Waals surface area contributed by atoms with Gasteiger partial charge >= 0.3 is 12.2 Å². The van der Waals surface area contributed by atoms with Crippen LogP contribution in [0.4, 0.5) is 18.0 Å². The van der Waals surface area contributed by atoms with Gasteiger partial charge in [0.15, 0.2) is 5.82 Å². The third-order valence-corrected chi connectivity index (χ3v) is 6.29. The van der Waals surface area contributed by atoms with E-state index in [2.05, 4.69) is 10.1 Å². The summed E-state index contributed by atoms with van der Waals surface area (Å²) < 4.78 is 55.0. The lowest BCUT2D eigenvalue weighted by atomic mass is 9.84. The lowest BCUT2D eigenvalue weighted by Crippen LogP contribution is -2.52. The van der Waals surface area contributed by atoms with Gasteiger partial charge in [-0.3, -0.25) is 0 Å². The number of hydrogen-bond acceptors (Lipinski definition) is 6. The first-order valence-electron chi connectivity index (χ1n) is 11.5. The summed E-state index contributed by atoms with van der Waals surface area (Å²) in [6, 6.07) is 5.07. The van der Waals surface area contributed by atoms with Gasteiger partial charge in [-0.15, -0.1) is 0 Å². The van der Waals surface area contributed by atoms with E-state index in [1.807, 2.05) is 0 Å². The van der Waals surface area contributed by atoms with Crippen LogP contribution < -0.4 is 0 Å². The number of methoxy groups -OCH3 is 1. The molecular weight excluding hydrogens is 453 g/mol. The highest BCUT2D eigenvalue weighted by molar-refractivity contribution is 5.75. The molecule has 11 heteroatoms. The molecule has 2 saturated heterocycles. The van der Waals surface area contributed by atoms with E-state index in [4.69, 9.17) is 14.0 Å². The van der Waals surface area contributed by atoms with Crippen LogP contribution in [0.1, 0.15) is 47.5 Å². The molecule has 0 aliphatic carbocycles. The molecule has 34 heavy (non-hydrogen) atoms. The fraction of sp³-hybridized carbons (Fsp3) is 0.609. The quantitative estimate of drug-likeness (QED) is 0.585. The average molecular weight is 483 g/mol. The van der Waals surface area contributed by atoms with Gasteiger partial charge in [0.1, 0.15) is 0 Å². The highest BCUT2D eigenvalue weighted by Gasteiger charge is 2.37. The number of carbonyl (C=O) groups excluding carboxylic acids is 1. The molecule has 2 atom stereocenters. The Balaban J connectivity index is 1.54. The number of alkyl halides is 3. The number of morpholine rings is 1. The molecule has 2 amide bonds. The molecule has 0 bridgehead atoms. The number of hydrogen-bond donors (Lipinski definition) is 0. The maximum absolute atomic E-state index is 13.2. The second-order valence-electron chi connectivity index (χ2n) is 8.68. The predicted molar refractivity (Wildman–Crippen MR) is 115 cm³/mol. The Kier molecular flexibility index (Phi) is 7.72. The number of nitrogens with zero attached hydrogens (tertiary/aromatic N) is 4. The Hall–Kier alpha value is -2.66. The van der Waals surface area contributed by atoms with Gasteiger partial charge < -0.3 is 23.8 Å². The first-order chi connectivity index (χ1) is 16.3. The van der Waals surface area contributed by atoms with Crippen LogP contribution in [0.2, 0.25) is 0 Å². The third-order valence-electron chi connectivity index (χ3n) is 6.29. The predicted octanol–water partition coefficient (Wildman–Crippen LogP) is 3.69. The summed E-state index contributed by atoms with van der Waals surface area (Å²) in [4.78, 5) is 21.3. The van der Waals surface area contributed by atoms with Gasteiger partial charge in [-0.2, -0.15) is 18.2 Å². The van der Waals surface area contributed by atoms with Gasteiger partial charge in [0.25, 0.3) is 0 Å². The van der Waals surface area contributed by atoms with Gasteiger partial charge in [0.05, 0.1) is 24.7 Å². The lowest BCUT2D eigenvalue weighted by Gasteiger charge is -2.40. The summed E-state index contributed by atoms with van der Waals surface area (Å²) in [5.41, 5.74) is 0.0553. The van der Waals surface area contributed by atoms with Crippen LogP contribution >= 0.6 is 0 Å². The molecule has 2 fully saturated rings. The fourth-order valence-electron chi connectivity index (χ4n) is 4.48. The second kappa shape index (κ2) is 10.7. The van der Waals surface area contributed by atoms with Crippen LogP contribution in [0.25, 0.3) is 0 Å². The van der Waals surface area contributed by atoms with E-state index in [0.29, 0.717) is 70.6 Å². The van der Waals surface area contributed by atoms with Gasteiger partial charge in [-0.05, 0) is 30.5 Å². The van der Waals surface area contributed by atoms with Crippen molar-refractivity contribution >= 4 is 6.03 Å². The van der Waals surface area contributed by atoms with Crippen LogP contribution in [0.15, 0.2) is 28.8 Å². The molecule has 2 aromatic rings. The number of ether oxygens (including phenoxy) is 2. The van der Waals surface area contributed by atoms with Crippen LogP contribution in [0.5, 0.6) is 0 Å². The van der Waals surface area contributed by atoms with Crippen molar-refractivity contribution in [1.82, 2.24) is 19.9 Å². The van der Waals surface area contributed by atoms with E-state index in [9.17, 15) is 18.0 Å². The topological polar surface area (TPSA) is 80.9 Å². The van der Waals surface area contributed by atoms with Gasteiger partial charge in [-0.1, -0.05) is 17.3 Å². The Morgan fingerprint density at radius 2 is 1.82 bits per heavy atom. The van der Waals surface area contributed by atoms with E-state index < -0.39 is 11.7 Å². The molecule has 0 saturated carbocycles. The monoisotopic (exact) mass is 482 g/mol.